The van der Waals surface area contributed by atoms with E-state index in [4.69, 9.17) is 4.74 Å². The molecule has 18 heavy (non-hydrogen) atoms. The predicted molar refractivity (Wildman–Crippen MR) is 78.8 cm³/mol. The van der Waals surface area contributed by atoms with Crippen molar-refractivity contribution in [1.82, 2.24) is 0 Å². The average Bonchev–Trinajstić information content (AvgIpc) is 2.39. The Morgan fingerprint density at radius 3 is 2.50 bits per heavy atom. The molecule has 2 nitrogen and oxygen atoms in total. The van der Waals surface area contributed by atoms with Crippen LogP contribution in [-0.4, -0.2) is 17.7 Å². The van der Waals surface area contributed by atoms with Gasteiger partial charge in [0.2, 0.25) is 0 Å². The molecule has 0 heterocycles. The third-order valence-electron chi connectivity index (χ3n) is 2.94. The van der Waals surface area contributed by atoms with Gasteiger partial charge in [-0.1, -0.05) is 42.1 Å². The minimum atomic E-state index is 0.191. The lowest BCUT2D eigenvalue weighted by atomic mass is 10.0. The summed E-state index contributed by atoms with van der Waals surface area (Å²) in [6, 6.07) is 7.31. The Labute approximate surface area is 118 Å². The molecule has 0 aromatic heterocycles. The van der Waals surface area contributed by atoms with Gasteiger partial charge in [0.05, 0.1) is 7.11 Å². The standard InChI is InChI=1S/C15H21BrO2/c1-3-4-5-6-13(16)11-15(17)12-7-9-14(18-2)10-8-12/h7-10,13H,3-6,11H2,1-2H3. The summed E-state index contributed by atoms with van der Waals surface area (Å²) in [5, 5.41) is 0. The lowest BCUT2D eigenvalue weighted by Gasteiger charge is -2.09. The molecule has 3 heteroatoms. The monoisotopic (exact) mass is 312 g/mol. The second-order valence-corrected chi connectivity index (χ2v) is 5.74. The van der Waals surface area contributed by atoms with Crippen LogP contribution in [0.4, 0.5) is 0 Å². The predicted octanol–water partition coefficient (Wildman–Crippen LogP) is 4.61. The van der Waals surface area contributed by atoms with E-state index in [9.17, 15) is 4.79 Å². The molecule has 0 bridgehead atoms. The third-order valence-corrected chi connectivity index (χ3v) is 3.72. The van der Waals surface area contributed by atoms with Crippen molar-refractivity contribution < 1.29 is 9.53 Å². The number of rotatable bonds is 8. The maximum Gasteiger partial charge on any atom is 0.163 e. The summed E-state index contributed by atoms with van der Waals surface area (Å²) in [5.41, 5.74) is 0.760. The number of carbonyl (C=O) groups is 1. The molecule has 0 N–H and O–H groups in total. The number of unbranched alkanes of at least 4 members (excludes halogenated alkanes) is 2. The van der Waals surface area contributed by atoms with Gasteiger partial charge in [-0.05, 0) is 30.7 Å². The fourth-order valence-electron chi connectivity index (χ4n) is 1.81. The molecule has 1 aromatic carbocycles. The number of carbonyl (C=O) groups excluding carboxylic acids is 1. The molecule has 0 saturated heterocycles. The zero-order valence-electron chi connectivity index (χ0n) is 11.1. The van der Waals surface area contributed by atoms with Gasteiger partial charge >= 0.3 is 0 Å². The van der Waals surface area contributed by atoms with Gasteiger partial charge in [-0.3, -0.25) is 4.79 Å². The Bertz CT molecular complexity index is 359. The van der Waals surface area contributed by atoms with Crippen LogP contribution < -0.4 is 4.74 Å². The van der Waals surface area contributed by atoms with E-state index in [2.05, 4.69) is 22.9 Å². The first-order chi connectivity index (χ1) is 8.67. The number of Topliss-reactive ketones (excluding diaryl/α,β-unsaturated/α-hetero) is 1. The number of hydrogen-bond acceptors (Lipinski definition) is 2. The van der Waals surface area contributed by atoms with Crippen LogP contribution in [0.5, 0.6) is 5.75 Å². The van der Waals surface area contributed by atoms with E-state index in [1.165, 1.54) is 19.3 Å². The molecule has 1 rings (SSSR count). The number of methoxy groups -OCH3 is 1. The molecule has 0 aliphatic heterocycles. The lowest BCUT2D eigenvalue weighted by Crippen LogP contribution is -2.08. The highest BCUT2D eigenvalue weighted by molar-refractivity contribution is 9.09. The van der Waals surface area contributed by atoms with E-state index in [0.29, 0.717) is 11.2 Å². The van der Waals surface area contributed by atoms with Crippen LogP contribution in [0.1, 0.15) is 49.4 Å². The normalized spacial score (nSPS) is 12.2. The summed E-state index contributed by atoms with van der Waals surface area (Å²) in [7, 11) is 1.62. The van der Waals surface area contributed by atoms with Gasteiger partial charge in [-0.15, -0.1) is 0 Å². The summed E-state index contributed by atoms with van der Waals surface area (Å²) in [5.74, 6) is 0.973. The van der Waals surface area contributed by atoms with E-state index in [1.54, 1.807) is 7.11 Å². The zero-order valence-corrected chi connectivity index (χ0v) is 12.7. The van der Waals surface area contributed by atoms with Crippen LogP contribution in [0.3, 0.4) is 0 Å². The van der Waals surface area contributed by atoms with Crippen LogP contribution >= 0.6 is 15.9 Å². The van der Waals surface area contributed by atoms with Gasteiger partial charge in [0, 0.05) is 16.8 Å². The Balaban J connectivity index is 2.43. The number of alkyl halides is 1. The fraction of sp³-hybridized carbons (Fsp3) is 0.533. The van der Waals surface area contributed by atoms with Crippen LogP contribution in [0.15, 0.2) is 24.3 Å². The van der Waals surface area contributed by atoms with Crippen molar-refractivity contribution in [2.45, 2.75) is 43.9 Å². The highest BCUT2D eigenvalue weighted by Gasteiger charge is 2.12. The lowest BCUT2D eigenvalue weighted by molar-refractivity contribution is 0.0981. The van der Waals surface area contributed by atoms with Crippen LogP contribution in [0.2, 0.25) is 0 Å². The van der Waals surface area contributed by atoms with Gasteiger partial charge in [0.25, 0.3) is 0 Å². The van der Waals surface area contributed by atoms with E-state index in [-0.39, 0.29) is 5.78 Å². The molecule has 0 aliphatic rings. The fourth-order valence-corrected chi connectivity index (χ4v) is 2.43. The van der Waals surface area contributed by atoms with Gasteiger partial charge in [-0.25, -0.2) is 0 Å². The van der Waals surface area contributed by atoms with E-state index in [1.807, 2.05) is 24.3 Å². The number of hydrogen-bond donors (Lipinski definition) is 0. The SMILES string of the molecule is CCCCCC(Br)CC(=O)c1ccc(OC)cc1. The number of ether oxygens (including phenoxy) is 1. The molecular weight excluding hydrogens is 292 g/mol. The van der Waals surface area contributed by atoms with Crippen molar-refractivity contribution in [3.63, 3.8) is 0 Å². The first-order valence-electron chi connectivity index (χ1n) is 6.48. The first-order valence-corrected chi connectivity index (χ1v) is 7.40. The summed E-state index contributed by atoms with van der Waals surface area (Å²) in [6.07, 6.45) is 5.26. The quantitative estimate of drug-likeness (QED) is 0.398. The van der Waals surface area contributed by atoms with Gasteiger partial charge in [-0.2, -0.15) is 0 Å². The molecule has 0 saturated carbocycles. The number of halogens is 1. The Morgan fingerprint density at radius 2 is 1.94 bits per heavy atom. The van der Waals surface area contributed by atoms with Crippen molar-refractivity contribution >= 4 is 21.7 Å². The minimum absolute atomic E-state index is 0.191. The van der Waals surface area contributed by atoms with E-state index >= 15 is 0 Å². The zero-order chi connectivity index (χ0) is 13.4. The Morgan fingerprint density at radius 1 is 1.28 bits per heavy atom. The van der Waals surface area contributed by atoms with Gasteiger partial charge in [0.15, 0.2) is 5.78 Å². The summed E-state index contributed by atoms with van der Waals surface area (Å²) < 4.78 is 5.07. The average molecular weight is 313 g/mol. The topological polar surface area (TPSA) is 26.3 Å². The molecule has 0 spiro atoms. The van der Waals surface area contributed by atoms with E-state index in [0.717, 1.165) is 17.7 Å². The highest BCUT2D eigenvalue weighted by atomic mass is 79.9. The van der Waals surface area contributed by atoms with Crippen molar-refractivity contribution in [1.29, 1.82) is 0 Å². The molecule has 1 aromatic rings. The largest absolute Gasteiger partial charge is 0.497 e. The Kier molecular flexibility index (Phi) is 7.02. The second-order valence-electron chi connectivity index (χ2n) is 4.45. The molecule has 1 atom stereocenters. The highest BCUT2D eigenvalue weighted by Crippen LogP contribution is 2.19. The molecule has 100 valence electrons. The van der Waals surface area contributed by atoms with Gasteiger partial charge < -0.3 is 4.74 Å². The van der Waals surface area contributed by atoms with Gasteiger partial charge in [0.1, 0.15) is 5.75 Å². The molecule has 1 unspecified atom stereocenters. The molecule has 0 aliphatic carbocycles. The molecular formula is C15H21BrO2. The molecule has 0 amide bonds. The smallest absolute Gasteiger partial charge is 0.163 e. The first kappa shape index (κ1) is 15.2. The van der Waals surface area contributed by atoms with E-state index < -0.39 is 0 Å². The molecule has 0 fully saturated rings. The Hall–Kier alpha value is -0.830. The van der Waals surface area contributed by atoms with Crippen molar-refractivity contribution in [3.8, 4) is 5.75 Å². The minimum Gasteiger partial charge on any atom is -0.497 e. The number of ketones is 1. The summed E-state index contributed by atoms with van der Waals surface area (Å²) in [6.45, 7) is 2.19. The van der Waals surface area contributed by atoms with Crippen molar-refractivity contribution in [2.24, 2.45) is 0 Å². The second kappa shape index (κ2) is 8.30. The summed E-state index contributed by atoms with van der Waals surface area (Å²) >= 11 is 3.59. The maximum atomic E-state index is 12.0. The van der Waals surface area contributed by atoms with Crippen molar-refractivity contribution in [3.05, 3.63) is 29.8 Å². The third kappa shape index (κ3) is 5.21. The van der Waals surface area contributed by atoms with Crippen LogP contribution in [0, 0.1) is 0 Å². The summed E-state index contributed by atoms with van der Waals surface area (Å²) in [4.78, 5) is 12.3. The van der Waals surface area contributed by atoms with Crippen molar-refractivity contribution in [2.75, 3.05) is 7.11 Å². The van der Waals surface area contributed by atoms with Crippen LogP contribution in [0.25, 0.3) is 0 Å². The molecule has 0 radical (unpaired) electrons. The maximum absolute atomic E-state index is 12.0. The number of benzene rings is 1. The van der Waals surface area contributed by atoms with Crippen LogP contribution in [-0.2, 0) is 0 Å².